The highest BCUT2D eigenvalue weighted by molar-refractivity contribution is 8.00. The van der Waals surface area contributed by atoms with Gasteiger partial charge in [0.1, 0.15) is 5.75 Å². The van der Waals surface area contributed by atoms with Crippen LogP contribution in [0.25, 0.3) is 0 Å². The number of rotatable bonds is 6. The van der Waals surface area contributed by atoms with Crippen LogP contribution in [0.3, 0.4) is 0 Å². The van der Waals surface area contributed by atoms with Gasteiger partial charge in [-0.15, -0.1) is 11.8 Å². The number of nitrogens with one attached hydrogen (secondary N) is 1. The molecule has 23 heavy (non-hydrogen) atoms. The maximum Gasteiger partial charge on any atom is 0.233 e. The van der Waals surface area contributed by atoms with E-state index in [2.05, 4.69) is 37.4 Å². The molecular formula is C19H23NO2S. The number of amides is 1. The molecule has 1 unspecified atom stereocenters. The molecule has 0 aliphatic rings. The van der Waals surface area contributed by atoms with Gasteiger partial charge in [0.25, 0.3) is 0 Å². The third-order valence-electron chi connectivity index (χ3n) is 3.65. The Morgan fingerprint density at radius 1 is 1.22 bits per heavy atom. The molecule has 3 nitrogen and oxygen atoms in total. The fraction of sp³-hybridized carbons (Fsp3) is 0.316. The fourth-order valence-electron chi connectivity index (χ4n) is 2.35. The maximum atomic E-state index is 12.3. The van der Waals surface area contributed by atoms with E-state index >= 15 is 0 Å². The summed E-state index contributed by atoms with van der Waals surface area (Å²) in [5.41, 5.74) is 3.42. The van der Waals surface area contributed by atoms with Crippen molar-refractivity contribution in [3.8, 4) is 5.75 Å². The van der Waals surface area contributed by atoms with Gasteiger partial charge in [0.2, 0.25) is 5.91 Å². The number of para-hydroxylation sites is 1. The van der Waals surface area contributed by atoms with Crippen molar-refractivity contribution in [3.05, 3.63) is 59.2 Å². The lowest BCUT2D eigenvalue weighted by atomic mass is 10.2. The lowest BCUT2D eigenvalue weighted by Crippen LogP contribution is -2.30. The van der Waals surface area contributed by atoms with Crippen molar-refractivity contribution >= 4 is 17.7 Å². The van der Waals surface area contributed by atoms with Crippen LogP contribution in [-0.2, 0) is 11.3 Å². The topological polar surface area (TPSA) is 38.3 Å². The first-order valence-corrected chi connectivity index (χ1v) is 8.52. The van der Waals surface area contributed by atoms with E-state index in [1.54, 1.807) is 18.9 Å². The van der Waals surface area contributed by atoms with Crippen LogP contribution >= 0.6 is 11.8 Å². The van der Waals surface area contributed by atoms with Gasteiger partial charge >= 0.3 is 0 Å². The predicted molar refractivity (Wildman–Crippen MR) is 96.1 cm³/mol. The first-order valence-electron chi connectivity index (χ1n) is 7.64. The number of hydrogen-bond acceptors (Lipinski definition) is 3. The van der Waals surface area contributed by atoms with Gasteiger partial charge in [-0.1, -0.05) is 35.9 Å². The highest BCUT2D eigenvalue weighted by Gasteiger charge is 2.15. The highest BCUT2D eigenvalue weighted by atomic mass is 32.2. The van der Waals surface area contributed by atoms with E-state index in [1.807, 2.05) is 31.2 Å². The number of carbonyl (C=O) groups is 1. The lowest BCUT2D eigenvalue weighted by molar-refractivity contribution is -0.120. The normalized spacial score (nSPS) is 11.8. The van der Waals surface area contributed by atoms with Gasteiger partial charge in [-0.25, -0.2) is 0 Å². The van der Waals surface area contributed by atoms with Crippen molar-refractivity contribution in [2.24, 2.45) is 0 Å². The second-order valence-corrected chi connectivity index (χ2v) is 6.94. The Kier molecular flexibility index (Phi) is 6.11. The summed E-state index contributed by atoms with van der Waals surface area (Å²) in [6.45, 7) is 6.56. The van der Waals surface area contributed by atoms with Gasteiger partial charge in [0, 0.05) is 17.0 Å². The van der Waals surface area contributed by atoms with Crippen molar-refractivity contribution in [3.63, 3.8) is 0 Å². The van der Waals surface area contributed by atoms with Gasteiger partial charge in [0.05, 0.1) is 12.4 Å². The summed E-state index contributed by atoms with van der Waals surface area (Å²) < 4.78 is 5.30. The van der Waals surface area contributed by atoms with Crippen LogP contribution < -0.4 is 10.1 Å². The number of ether oxygens (including phenoxy) is 1. The summed E-state index contributed by atoms with van der Waals surface area (Å²) >= 11 is 1.59. The Bertz CT molecular complexity index is 685. The molecule has 2 aromatic rings. The number of methoxy groups -OCH3 is 1. The molecule has 4 heteroatoms. The smallest absolute Gasteiger partial charge is 0.233 e. The van der Waals surface area contributed by atoms with Crippen molar-refractivity contribution in [2.45, 2.75) is 37.5 Å². The number of thioether (sulfide) groups is 1. The lowest BCUT2D eigenvalue weighted by Gasteiger charge is -2.15. The molecule has 0 fully saturated rings. The molecule has 0 bridgehead atoms. The van der Waals surface area contributed by atoms with Crippen LogP contribution in [0, 0.1) is 13.8 Å². The highest BCUT2D eigenvalue weighted by Crippen LogP contribution is 2.27. The van der Waals surface area contributed by atoms with Crippen molar-refractivity contribution in [1.82, 2.24) is 5.32 Å². The van der Waals surface area contributed by atoms with Crippen molar-refractivity contribution in [1.29, 1.82) is 0 Å². The van der Waals surface area contributed by atoms with Gasteiger partial charge in [-0.05, 0) is 38.5 Å². The molecule has 0 aliphatic carbocycles. The molecular weight excluding hydrogens is 306 g/mol. The summed E-state index contributed by atoms with van der Waals surface area (Å²) in [7, 11) is 1.64. The van der Waals surface area contributed by atoms with E-state index in [-0.39, 0.29) is 11.2 Å². The van der Waals surface area contributed by atoms with Gasteiger partial charge in [-0.2, -0.15) is 0 Å². The Morgan fingerprint density at radius 2 is 1.96 bits per heavy atom. The second-order valence-electron chi connectivity index (χ2n) is 5.56. The average molecular weight is 329 g/mol. The minimum absolute atomic E-state index is 0.0286. The summed E-state index contributed by atoms with van der Waals surface area (Å²) in [5, 5.41) is 2.84. The molecule has 0 aliphatic heterocycles. The molecule has 0 spiro atoms. The zero-order valence-electron chi connectivity index (χ0n) is 14.1. The van der Waals surface area contributed by atoms with E-state index in [0.29, 0.717) is 6.54 Å². The Balaban J connectivity index is 1.95. The molecule has 0 heterocycles. The Morgan fingerprint density at radius 3 is 2.65 bits per heavy atom. The van der Waals surface area contributed by atoms with Crippen LogP contribution in [0.4, 0.5) is 0 Å². The predicted octanol–water partition coefficient (Wildman–Crippen LogP) is 4.11. The van der Waals surface area contributed by atoms with Crippen LogP contribution in [0.5, 0.6) is 5.75 Å². The number of benzene rings is 2. The molecule has 0 radical (unpaired) electrons. The summed E-state index contributed by atoms with van der Waals surface area (Å²) in [6.07, 6.45) is 0. The first-order chi connectivity index (χ1) is 11.0. The summed E-state index contributed by atoms with van der Waals surface area (Å²) in [5.74, 6) is 0.823. The van der Waals surface area contributed by atoms with Crippen molar-refractivity contribution < 1.29 is 9.53 Å². The number of carbonyl (C=O) groups excluding carboxylic acids is 1. The van der Waals surface area contributed by atoms with Crippen molar-refractivity contribution in [2.75, 3.05) is 7.11 Å². The standard InChI is InChI=1S/C19H23NO2S/c1-13-9-10-18(14(2)11-13)23-15(3)19(21)20-12-16-7-5-6-8-17(16)22-4/h5-11,15H,12H2,1-4H3,(H,20,21). The molecule has 1 atom stereocenters. The Hall–Kier alpha value is -1.94. The molecule has 2 aromatic carbocycles. The monoisotopic (exact) mass is 329 g/mol. The molecule has 1 N–H and O–H groups in total. The zero-order chi connectivity index (χ0) is 16.8. The summed E-state index contributed by atoms with van der Waals surface area (Å²) in [6, 6.07) is 14.0. The fourth-order valence-corrected chi connectivity index (χ4v) is 3.31. The second kappa shape index (κ2) is 8.06. The number of aryl methyl sites for hydroxylation is 2. The van der Waals surface area contributed by atoms with Crippen LogP contribution in [0.1, 0.15) is 23.6 Å². The largest absolute Gasteiger partial charge is 0.496 e. The average Bonchev–Trinajstić information content (AvgIpc) is 2.55. The molecule has 0 saturated heterocycles. The molecule has 1 amide bonds. The minimum atomic E-state index is -0.147. The quantitative estimate of drug-likeness (QED) is 0.811. The van der Waals surface area contributed by atoms with E-state index in [4.69, 9.17) is 4.74 Å². The van der Waals surface area contributed by atoms with E-state index in [1.165, 1.54) is 11.1 Å². The van der Waals surface area contributed by atoms with Gasteiger partial charge in [-0.3, -0.25) is 4.79 Å². The third-order valence-corrected chi connectivity index (χ3v) is 4.93. The van der Waals surface area contributed by atoms with Crippen LogP contribution in [-0.4, -0.2) is 18.3 Å². The Labute approximate surface area is 142 Å². The number of hydrogen-bond donors (Lipinski definition) is 1. The molecule has 0 saturated carbocycles. The zero-order valence-corrected chi connectivity index (χ0v) is 14.9. The van der Waals surface area contributed by atoms with Crippen LogP contribution in [0.15, 0.2) is 47.4 Å². The van der Waals surface area contributed by atoms with Gasteiger partial charge in [0.15, 0.2) is 0 Å². The molecule has 2 rings (SSSR count). The maximum absolute atomic E-state index is 12.3. The van der Waals surface area contributed by atoms with E-state index < -0.39 is 0 Å². The first kappa shape index (κ1) is 17.4. The van der Waals surface area contributed by atoms with E-state index in [0.717, 1.165) is 16.2 Å². The minimum Gasteiger partial charge on any atom is -0.496 e. The van der Waals surface area contributed by atoms with E-state index in [9.17, 15) is 4.79 Å². The molecule has 122 valence electrons. The third kappa shape index (κ3) is 4.76. The summed E-state index contributed by atoms with van der Waals surface area (Å²) in [4.78, 5) is 13.5. The molecule has 0 aromatic heterocycles. The van der Waals surface area contributed by atoms with Crippen LogP contribution in [0.2, 0.25) is 0 Å². The SMILES string of the molecule is COc1ccccc1CNC(=O)C(C)Sc1ccc(C)cc1C. The van der Waals surface area contributed by atoms with Gasteiger partial charge < -0.3 is 10.1 Å².